The van der Waals surface area contributed by atoms with E-state index in [1.165, 1.54) is 18.2 Å². The molecule has 1 nitrogen and oxygen atoms in total. The number of rotatable bonds is 3. The van der Waals surface area contributed by atoms with E-state index in [4.69, 9.17) is 0 Å². The fourth-order valence-electron chi connectivity index (χ4n) is 1.26. The molecule has 1 aromatic carbocycles. The van der Waals surface area contributed by atoms with Crippen LogP contribution in [0.2, 0.25) is 0 Å². The van der Waals surface area contributed by atoms with Gasteiger partial charge < -0.3 is 5.32 Å². The summed E-state index contributed by atoms with van der Waals surface area (Å²) in [7, 11) is 0. The fraction of sp³-hybridized carbons (Fsp3) is 0.0909. The predicted molar refractivity (Wildman–Crippen MR) is 58.0 cm³/mol. The van der Waals surface area contributed by atoms with Crippen LogP contribution in [0.4, 0.5) is 14.5 Å². The van der Waals surface area contributed by atoms with Crippen LogP contribution in [-0.4, -0.2) is 0 Å². The minimum Gasteiger partial charge on any atom is -0.375 e. The van der Waals surface area contributed by atoms with Crippen LogP contribution in [0.3, 0.4) is 0 Å². The zero-order valence-electron chi connectivity index (χ0n) is 7.84. The van der Waals surface area contributed by atoms with Gasteiger partial charge in [0, 0.05) is 11.4 Å². The van der Waals surface area contributed by atoms with Crippen molar-refractivity contribution in [1.82, 2.24) is 0 Å². The standard InChI is InChI=1S/C11H9F2NS/c12-9-4-1-5-10(13)11(9)14-7-8-3-2-6-15-8/h1-6,14H,7H2. The van der Waals surface area contributed by atoms with Gasteiger partial charge in [-0.2, -0.15) is 0 Å². The van der Waals surface area contributed by atoms with Crippen molar-refractivity contribution in [3.05, 3.63) is 52.2 Å². The first-order valence-corrected chi connectivity index (χ1v) is 5.35. The van der Waals surface area contributed by atoms with Gasteiger partial charge in [0.25, 0.3) is 0 Å². The monoisotopic (exact) mass is 225 g/mol. The Morgan fingerprint density at radius 2 is 1.80 bits per heavy atom. The molecule has 0 unspecified atom stereocenters. The van der Waals surface area contributed by atoms with Gasteiger partial charge in [0.15, 0.2) is 0 Å². The van der Waals surface area contributed by atoms with Crippen LogP contribution in [0, 0.1) is 11.6 Å². The third-order valence-corrected chi connectivity index (χ3v) is 2.86. The first kappa shape index (κ1) is 10.1. The van der Waals surface area contributed by atoms with Crippen molar-refractivity contribution >= 4 is 17.0 Å². The number of benzene rings is 1. The number of hydrogen-bond donors (Lipinski definition) is 1. The summed E-state index contributed by atoms with van der Waals surface area (Å²) in [6, 6.07) is 7.64. The summed E-state index contributed by atoms with van der Waals surface area (Å²) in [4.78, 5) is 1.04. The maximum Gasteiger partial charge on any atom is 0.149 e. The van der Waals surface area contributed by atoms with Crippen LogP contribution in [0.25, 0.3) is 0 Å². The molecule has 0 radical (unpaired) electrons. The van der Waals surface area contributed by atoms with Gasteiger partial charge in [-0.25, -0.2) is 8.78 Å². The van der Waals surface area contributed by atoms with Crippen LogP contribution in [0.15, 0.2) is 35.7 Å². The Morgan fingerprint density at radius 3 is 2.40 bits per heavy atom. The van der Waals surface area contributed by atoms with Crippen LogP contribution in [0.1, 0.15) is 4.88 Å². The van der Waals surface area contributed by atoms with Crippen molar-refractivity contribution in [1.29, 1.82) is 0 Å². The number of hydrogen-bond acceptors (Lipinski definition) is 2. The molecule has 0 saturated carbocycles. The summed E-state index contributed by atoms with van der Waals surface area (Å²) in [5.74, 6) is -1.13. The Kier molecular flexibility index (Phi) is 2.97. The Labute approximate surface area is 90.4 Å². The fourth-order valence-corrected chi connectivity index (χ4v) is 1.90. The molecule has 0 spiro atoms. The second kappa shape index (κ2) is 4.40. The summed E-state index contributed by atoms with van der Waals surface area (Å²) < 4.78 is 26.4. The van der Waals surface area contributed by atoms with E-state index in [1.807, 2.05) is 17.5 Å². The highest BCUT2D eigenvalue weighted by molar-refractivity contribution is 7.09. The predicted octanol–water partition coefficient (Wildman–Crippen LogP) is 3.64. The molecule has 0 aliphatic heterocycles. The summed E-state index contributed by atoms with van der Waals surface area (Å²) in [5.41, 5.74) is -0.0640. The molecular weight excluding hydrogens is 216 g/mol. The molecule has 0 fully saturated rings. The van der Waals surface area contributed by atoms with Crippen molar-refractivity contribution in [2.75, 3.05) is 5.32 Å². The highest BCUT2D eigenvalue weighted by atomic mass is 32.1. The Morgan fingerprint density at radius 1 is 1.07 bits per heavy atom. The number of para-hydroxylation sites is 1. The van der Waals surface area contributed by atoms with E-state index in [9.17, 15) is 8.78 Å². The van der Waals surface area contributed by atoms with Gasteiger partial charge in [0.05, 0.1) is 0 Å². The van der Waals surface area contributed by atoms with Gasteiger partial charge in [-0.3, -0.25) is 0 Å². The molecule has 78 valence electrons. The molecule has 0 amide bonds. The molecule has 0 aliphatic carbocycles. The van der Waals surface area contributed by atoms with Gasteiger partial charge in [-0.1, -0.05) is 12.1 Å². The summed E-state index contributed by atoms with van der Waals surface area (Å²) >= 11 is 1.55. The van der Waals surface area contributed by atoms with Crippen molar-refractivity contribution < 1.29 is 8.78 Å². The molecule has 4 heteroatoms. The molecule has 0 aliphatic rings. The molecule has 0 atom stereocenters. The van der Waals surface area contributed by atoms with Crippen molar-refractivity contribution in [3.8, 4) is 0 Å². The minimum atomic E-state index is -0.563. The topological polar surface area (TPSA) is 12.0 Å². The zero-order valence-corrected chi connectivity index (χ0v) is 8.65. The second-order valence-corrected chi connectivity index (χ2v) is 4.06. The lowest BCUT2D eigenvalue weighted by atomic mass is 10.3. The van der Waals surface area contributed by atoms with Crippen LogP contribution < -0.4 is 5.32 Å². The van der Waals surface area contributed by atoms with E-state index in [-0.39, 0.29) is 5.69 Å². The summed E-state index contributed by atoms with van der Waals surface area (Å²) in [5, 5.41) is 4.67. The Hall–Kier alpha value is -1.42. The first-order valence-electron chi connectivity index (χ1n) is 4.47. The highest BCUT2D eigenvalue weighted by Crippen LogP contribution is 2.19. The number of nitrogens with one attached hydrogen (secondary N) is 1. The smallest absolute Gasteiger partial charge is 0.149 e. The van der Waals surface area contributed by atoms with Gasteiger partial charge >= 0.3 is 0 Å². The Balaban J connectivity index is 2.11. The molecule has 1 N–H and O–H groups in total. The normalized spacial score (nSPS) is 10.3. The lowest BCUT2D eigenvalue weighted by molar-refractivity contribution is 0.588. The number of anilines is 1. The minimum absolute atomic E-state index is 0.0640. The largest absolute Gasteiger partial charge is 0.375 e. The SMILES string of the molecule is Fc1cccc(F)c1NCc1cccs1. The van der Waals surface area contributed by atoms with Crippen molar-refractivity contribution in [2.45, 2.75) is 6.54 Å². The summed E-state index contributed by atoms with van der Waals surface area (Å²) in [6.07, 6.45) is 0. The summed E-state index contributed by atoms with van der Waals surface area (Å²) in [6.45, 7) is 0.440. The second-order valence-electron chi connectivity index (χ2n) is 3.03. The maximum absolute atomic E-state index is 13.2. The molecule has 0 saturated heterocycles. The van der Waals surface area contributed by atoms with Gasteiger partial charge in [0.2, 0.25) is 0 Å². The molecule has 2 rings (SSSR count). The van der Waals surface area contributed by atoms with Gasteiger partial charge in [-0.15, -0.1) is 11.3 Å². The van der Waals surface area contributed by atoms with E-state index in [0.717, 1.165) is 4.88 Å². The molecular formula is C11H9F2NS. The molecule has 1 heterocycles. The van der Waals surface area contributed by atoms with E-state index in [2.05, 4.69) is 5.32 Å². The van der Waals surface area contributed by atoms with E-state index >= 15 is 0 Å². The van der Waals surface area contributed by atoms with Crippen LogP contribution in [0.5, 0.6) is 0 Å². The molecule has 15 heavy (non-hydrogen) atoms. The van der Waals surface area contributed by atoms with E-state index in [0.29, 0.717) is 6.54 Å². The lowest BCUT2D eigenvalue weighted by Gasteiger charge is -2.06. The third kappa shape index (κ3) is 2.33. The number of thiophene rings is 1. The highest BCUT2D eigenvalue weighted by Gasteiger charge is 2.07. The average molecular weight is 225 g/mol. The van der Waals surface area contributed by atoms with Gasteiger partial charge in [-0.05, 0) is 23.6 Å². The zero-order chi connectivity index (χ0) is 10.7. The average Bonchev–Trinajstić information content (AvgIpc) is 2.70. The molecule has 2 aromatic rings. The third-order valence-electron chi connectivity index (χ3n) is 1.98. The molecule has 1 aromatic heterocycles. The van der Waals surface area contributed by atoms with E-state index in [1.54, 1.807) is 11.3 Å². The van der Waals surface area contributed by atoms with Crippen molar-refractivity contribution in [2.24, 2.45) is 0 Å². The molecule has 0 bridgehead atoms. The van der Waals surface area contributed by atoms with Crippen molar-refractivity contribution in [3.63, 3.8) is 0 Å². The Bertz CT molecular complexity index is 420. The van der Waals surface area contributed by atoms with Crippen LogP contribution >= 0.6 is 11.3 Å². The first-order chi connectivity index (χ1) is 7.27. The van der Waals surface area contributed by atoms with E-state index < -0.39 is 11.6 Å². The number of halogens is 2. The lowest BCUT2D eigenvalue weighted by Crippen LogP contribution is -2.02. The maximum atomic E-state index is 13.2. The van der Waals surface area contributed by atoms with Gasteiger partial charge in [0.1, 0.15) is 17.3 Å². The quantitative estimate of drug-likeness (QED) is 0.841. The van der Waals surface area contributed by atoms with Crippen LogP contribution in [-0.2, 0) is 6.54 Å².